The Kier molecular flexibility index (Phi) is 4.87. The molecule has 0 amide bonds. The number of ether oxygens (including phenoxy) is 1. The smallest absolute Gasteiger partial charge is 0.378 e. The molecule has 2 rings (SSSR count). The van der Waals surface area contributed by atoms with Crippen molar-refractivity contribution in [2.45, 2.75) is 17.1 Å². The van der Waals surface area contributed by atoms with E-state index in [9.17, 15) is 21.6 Å². The molecule has 1 fully saturated rings. The lowest BCUT2D eigenvalue weighted by molar-refractivity contribution is -0.137. The first-order valence-electron chi connectivity index (χ1n) is 6.27. The molecule has 0 spiro atoms. The predicted molar refractivity (Wildman–Crippen MR) is 69.2 cm³/mol. The lowest BCUT2D eigenvalue weighted by Gasteiger charge is -2.23. The number of alkyl halides is 3. The average Bonchev–Trinajstić information content (AvgIpc) is 2.46. The van der Waals surface area contributed by atoms with Crippen LogP contribution in [-0.2, 0) is 20.9 Å². The highest BCUT2D eigenvalue weighted by Crippen LogP contribution is 2.29. The minimum absolute atomic E-state index is 0.114. The van der Waals surface area contributed by atoms with E-state index in [-0.39, 0.29) is 17.5 Å². The Morgan fingerprint density at radius 1 is 1.29 bits per heavy atom. The van der Waals surface area contributed by atoms with Crippen molar-refractivity contribution in [2.75, 3.05) is 26.3 Å². The maximum Gasteiger partial charge on any atom is 0.416 e. The van der Waals surface area contributed by atoms with Gasteiger partial charge in [0.05, 0.1) is 23.7 Å². The van der Waals surface area contributed by atoms with Crippen molar-refractivity contribution < 1.29 is 26.3 Å². The first kappa shape index (κ1) is 16.2. The fourth-order valence-electron chi connectivity index (χ4n) is 1.87. The maximum absolute atomic E-state index is 12.4. The van der Waals surface area contributed by atoms with Crippen LogP contribution in [0.1, 0.15) is 5.56 Å². The molecule has 1 aromatic carbocycles. The van der Waals surface area contributed by atoms with Crippen molar-refractivity contribution in [3.8, 4) is 0 Å². The van der Waals surface area contributed by atoms with E-state index in [1.807, 2.05) is 0 Å². The highest BCUT2D eigenvalue weighted by atomic mass is 32.2. The van der Waals surface area contributed by atoms with Crippen molar-refractivity contribution >= 4 is 10.0 Å². The minimum Gasteiger partial charge on any atom is -0.378 e. The largest absolute Gasteiger partial charge is 0.416 e. The molecule has 21 heavy (non-hydrogen) atoms. The highest BCUT2D eigenvalue weighted by Gasteiger charge is 2.30. The van der Waals surface area contributed by atoms with E-state index < -0.39 is 21.8 Å². The summed E-state index contributed by atoms with van der Waals surface area (Å²) in [5.41, 5.74) is -0.885. The molecule has 1 heterocycles. The van der Waals surface area contributed by atoms with Crippen LogP contribution in [0.3, 0.4) is 0 Å². The summed E-state index contributed by atoms with van der Waals surface area (Å²) in [4.78, 5) is -0.202. The molecule has 1 unspecified atom stereocenters. The monoisotopic (exact) mass is 324 g/mol. The first-order chi connectivity index (χ1) is 9.79. The van der Waals surface area contributed by atoms with Gasteiger partial charge in [0.25, 0.3) is 0 Å². The van der Waals surface area contributed by atoms with Crippen molar-refractivity contribution in [3.63, 3.8) is 0 Å². The number of hydrogen-bond donors (Lipinski definition) is 2. The highest BCUT2D eigenvalue weighted by molar-refractivity contribution is 7.89. The second-order valence-corrected chi connectivity index (χ2v) is 6.37. The zero-order valence-corrected chi connectivity index (χ0v) is 11.8. The van der Waals surface area contributed by atoms with Crippen molar-refractivity contribution in [2.24, 2.45) is 0 Å². The molecule has 9 heteroatoms. The SMILES string of the molecule is O=S(=O)(NCC1COCCN1)c1ccc(C(F)(F)F)cc1. The lowest BCUT2D eigenvalue weighted by Crippen LogP contribution is -2.48. The molecule has 0 aliphatic carbocycles. The van der Waals surface area contributed by atoms with Gasteiger partial charge in [-0.1, -0.05) is 0 Å². The van der Waals surface area contributed by atoms with Crippen LogP contribution in [0.2, 0.25) is 0 Å². The van der Waals surface area contributed by atoms with Crippen LogP contribution in [0, 0.1) is 0 Å². The Bertz CT molecular complexity index is 566. The van der Waals surface area contributed by atoms with Gasteiger partial charge in [-0.25, -0.2) is 13.1 Å². The molecular formula is C12H15F3N2O3S. The second kappa shape index (κ2) is 6.30. The van der Waals surface area contributed by atoms with E-state index in [0.29, 0.717) is 19.8 Å². The summed E-state index contributed by atoms with van der Waals surface area (Å²) in [7, 11) is -3.83. The first-order valence-corrected chi connectivity index (χ1v) is 7.75. The van der Waals surface area contributed by atoms with Crippen molar-refractivity contribution in [1.29, 1.82) is 0 Å². The van der Waals surface area contributed by atoms with Gasteiger partial charge in [0.2, 0.25) is 10.0 Å². The summed E-state index contributed by atoms with van der Waals surface area (Å²) in [6, 6.07) is 3.22. The summed E-state index contributed by atoms with van der Waals surface area (Å²) >= 11 is 0. The van der Waals surface area contributed by atoms with E-state index in [1.54, 1.807) is 0 Å². The molecule has 0 saturated carbocycles. The van der Waals surface area contributed by atoms with Crippen LogP contribution in [0.25, 0.3) is 0 Å². The summed E-state index contributed by atoms with van der Waals surface area (Å²) in [5.74, 6) is 0. The molecule has 1 aromatic rings. The summed E-state index contributed by atoms with van der Waals surface area (Å²) < 4.78 is 68.7. The third-order valence-electron chi connectivity index (χ3n) is 3.01. The minimum atomic E-state index is -4.49. The van der Waals surface area contributed by atoms with Crippen LogP contribution >= 0.6 is 0 Å². The molecule has 0 bridgehead atoms. The van der Waals surface area contributed by atoms with Crippen LogP contribution in [0.4, 0.5) is 13.2 Å². The van der Waals surface area contributed by atoms with Gasteiger partial charge in [0, 0.05) is 19.1 Å². The van der Waals surface area contributed by atoms with Gasteiger partial charge in [-0.15, -0.1) is 0 Å². The summed E-state index contributed by atoms with van der Waals surface area (Å²) in [6.45, 7) is 1.70. The maximum atomic E-state index is 12.4. The molecular weight excluding hydrogens is 309 g/mol. The van der Waals surface area contributed by atoms with E-state index >= 15 is 0 Å². The van der Waals surface area contributed by atoms with Crippen LogP contribution in [-0.4, -0.2) is 40.8 Å². The Labute approximate surface area is 120 Å². The molecule has 0 aromatic heterocycles. The van der Waals surface area contributed by atoms with Gasteiger partial charge in [-0.05, 0) is 24.3 Å². The zero-order chi connectivity index (χ0) is 15.5. The molecule has 5 nitrogen and oxygen atoms in total. The van der Waals surface area contributed by atoms with Gasteiger partial charge in [-0.3, -0.25) is 0 Å². The number of nitrogens with one attached hydrogen (secondary N) is 2. The fraction of sp³-hybridized carbons (Fsp3) is 0.500. The molecule has 1 aliphatic heterocycles. The number of morpholine rings is 1. The quantitative estimate of drug-likeness (QED) is 0.866. The third-order valence-corrected chi connectivity index (χ3v) is 4.45. The molecule has 0 radical (unpaired) electrons. The molecule has 1 atom stereocenters. The number of rotatable bonds is 4. The van der Waals surface area contributed by atoms with Gasteiger partial charge >= 0.3 is 6.18 Å². The van der Waals surface area contributed by atoms with E-state index in [4.69, 9.17) is 4.74 Å². The second-order valence-electron chi connectivity index (χ2n) is 4.60. The number of halogens is 3. The van der Waals surface area contributed by atoms with E-state index in [2.05, 4.69) is 10.0 Å². The van der Waals surface area contributed by atoms with Crippen molar-refractivity contribution in [3.05, 3.63) is 29.8 Å². The van der Waals surface area contributed by atoms with Gasteiger partial charge in [0.15, 0.2) is 0 Å². The zero-order valence-electron chi connectivity index (χ0n) is 11.0. The van der Waals surface area contributed by atoms with E-state index in [0.717, 1.165) is 24.3 Å². The van der Waals surface area contributed by atoms with Crippen LogP contribution in [0.15, 0.2) is 29.2 Å². The third kappa shape index (κ3) is 4.40. The Balaban J connectivity index is 2.01. The topological polar surface area (TPSA) is 67.4 Å². The fourth-order valence-corrected chi connectivity index (χ4v) is 2.95. The Morgan fingerprint density at radius 2 is 1.95 bits per heavy atom. The normalized spacial score (nSPS) is 20.4. The van der Waals surface area contributed by atoms with Gasteiger partial charge in [-0.2, -0.15) is 13.2 Å². The van der Waals surface area contributed by atoms with E-state index in [1.165, 1.54) is 0 Å². The molecule has 2 N–H and O–H groups in total. The van der Waals surface area contributed by atoms with Crippen LogP contribution in [0.5, 0.6) is 0 Å². The predicted octanol–water partition coefficient (Wildman–Crippen LogP) is 0.972. The number of benzene rings is 1. The summed E-state index contributed by atoms with van der Waals surface area (Å²) in [5, 5.41) is 3.07. The van der Waals surface area contributed by atoms with Crippen LogP contribution < -0.4 is 10.0 Å². The van der Waals surface area contributed by atoms with Gasteiger partial charge < -0.3 is 10.1 Å². The van der Waals surface area contributed by atoms with Gasteiger partial charge in [0.1, 0.15) is 0 Å². The average molecular weight is 324 g/mol. The van der Waals surface area contributed by atoms with Crippen molar-refractivity contribution in [1.82, 2.24) is 10.0 Å². The molecule has 1 aliphatic rings. The number of sulfonamides is 1. The lowest BCUT2D eigenvalue weighted by atomic mass is 10.2. The molecule has 118 valence electrons. The summed E-state index contributed by atoms with van der Waals surface area (Å²) in [6.07, 6.45) is -4.49. The molecule has 1 saturated heterocycles. The standard InChI is InChI=1S/C12H15F3N2O3S/c13-12(14,15)9-1-3-11(4-2-9)21(18,19)17-7-10-8-20-6-5-16-10/h1-4,10,16-17H,5-8H2. The Hall–Kier alpha value is -1.16. The Morgan fingerprint density at radius 3 is 2.48 bits per heavy atom. The number of hydrogen-bond acceptors (Lipinski definition) is 4.